The van der Waals surface area contributed by atoms with Crippen molar-refractivity contribution >= 4 is 17.5 Å². The molecule has 2 aromatic rings. The van der Waals surface area contributed by atoms with Gasteiger partial charge in [0.25, 0.3) is 0 Å². The Labute approximate surface area is 198 Å². The molecule has 2 aromatic carbocycles. The molecule has 178 valence electrons. The van der Waals surface area contributed by atoms with Gasteiger partial charge in [0, 0.05) is 24.4 Å². The van der Waals surface area contributed by atoms with Gasteiger partial charge in [-0.25, -0.2) is 0 Å². The summed E-state index contributed by atoms with van der Waals surface area (Å²) in [5.41, 5.74) is 0.921. The molecule has 2 fully saturated rings. The van der Waals surface area contributed by atoms with Gasteiger partial charge in [-0.05, 0) is 12.0 Å². The van der Waals surface area contributed by atoms with Crippen LogP contribution in [-0.4, -0.2) is 62.8 Å². The van der Waals surface area contributed by atoms with E-state index in [-0.39, 0.29) is 11.8 Å². The molecular weight excluding hydrogens is 436 g/mol. The first-order valence-electron chi connectivity index (χ1n) is 11.3. The predicted molar refractivity (Wildman–Crippen MR) is 125 cm³/mol. The third kappa shape index (κ3) is 3.58. The molecule has 0 saturated carbocycles. The van der Waals surface area contributed by atoms with Crippen LogP contribution in [0.25, 0.3) is 0 Å². The van der Waals surface area contributed by atoms with Crippen molar-refractivity contribution in [1.82, 2.24) is 4.90 Å². The summed E-state index contributed by atoms with van der Waals surface area (Å²) in [6, 6.07) is 13.4. The van der Waals surface area contributed by atoms with Crippen LogP contribution in [0.15, 0.2) is 54.6 Å². The maximum atomic E-state index is 13.4. The van der Waals surface area contributed by atoms with Crippen molar-refractivity contribution in [2.24, 2.45) is 11.8 Å². The number of hydrogen-bond acceptors (Lipinski definition) is 6. The highest BCUT2D eigenvalue weighted by atomic mass is 16.5. The van der Waals surface area contributed by atoms with E-state index < -0.39 is 23.5 Å². The lowest BCUT2D eigenvalue weighted by molar-refractivity contribution is -0.135. The van der Waals surface area contributed by atoms with Crippen molar-refractivity contribution in [1.29, 1.82) is 0 Å². The Bertz CT molecular complexity index is 1110. The number of fused-ring (bicyclic) bond motifs is 1. The summed E-state index contributed by atoms with van der Waals surface area (Å²) in [5, 5.41) is 2.93. The summed E-state index contributed by atoms with van der Waals surface area (Å²) in [7, 11) is 4.55. The van der Waals surface area contributed by atoms with E-state index in [1.165, 1.54) is 26.9 Å². The van der Waals surface area contributed by atoms with Gasteiger partial charge in [0.15, 0.2) is 11.5 Å². The molecule has 3 aliphatic rings. The zero-order chi connectivity index (χ0) is 23.9. The molecule has 0 aliphatic carbocycles. The standard InChI is InChI=1S/C26H28N2O6/c1-31-19-13-17(14-20(32-2)23(19)33-3)27-24(29)21-18-9-11-26(34-18)15-28(25(30)22(21)26)12-10-16-7-5-4-6-8-16/h4-9,11,13-14,18,21-22H,10,12,15H2,1-3H3,(H,27,29)/t18-,21+,22-,26+/m1/s1. The van der Waals surface area contributed by atoms with Gasteiger partial charge in [-0.3, -0.25) is 9.59 Å². The number of amides is 2. The number of anilines is 1. The van der Waals surface area contributed by atoms with Crippen LogP contribution >= 0.6 is 0 Å². The zero-order valence-electron chi connectivity index (χ0n) is 19.4. The number of hydrogen-bond donors (Lipinski definition) is 1. The maximum Gasteiger partial charge on any atom is 0.231 e. The first kappa shape index (κ1) is 22.3. The molecule has 0 radical (unpaired) electrons. The van der Waals surface area contributed by atoms with Crippen LogP contribution < -0.4 is 19.5 Å². The summed E-state index contributed by atoms with van der Waals surface area (Å²) in [6.07, 6.45) is 4.20. The monoisotopic (exact) mass is 464 g/mol. The molecule has 3 aliphatic heterocycles. The Balaban J connectivity index is 1.34. The number of carbonyl (C=O) groups excluding carboxylic acids is 2. The highest BCUT2D eigenvalue weighted by Crippen LogP contribution is 2.52. The normalized spacial score (nSPS) is 26.5. The van der Waals surface area contributed by atoms with Crippen molar-refractivity contribution < 1.29 is 28.5 Å². The quantitative estimate of drug-likeness (QED) is 0.605. The average Bonchev–Trinajstić information content (AvgIpc) is 3.50. The fourth-order valence-electron chi connectivity index (χ4n) is 5.35. The molecule has 2 bridgehead atoms. The molecule has 4 atom stereocenters. The lowest BCUT2D eigenvalue weighted by atomic mass is 9.77. The average molecular weight is 465 g/mol. The second-order valence-electron chi connectivity index (χ2n) is 8.80. The van der Waals surface area contributed by atoms with Gasteiger partial charge in [0.2, 0.25) is 17.6 Å². The molecule has 2 saturated heterocycles. The third-order valence-electron chi connectivity index (χ3n) is 6.93. The Morgan fingerprint density at radius 3 is 2.47 bits per heavy atom. The molecule has 34 heavy (non-hydrogen) atoms. The molecule has 2 amide bonds. The predicted octanol–water partition coefficient (Wildman–Crippen LogP) is 2.68. The maximum absolute atomic E-state index is 13.4. The number of methoxy groups -OCH3 is 3. The largest absolute Gasteiger partial charge is 0.493 e. The number of carbonyl (C=O) groups is 2. The lowest BCUT2D eigenvalue weighted by Crippen LogP contribution is -2.41. The van der Waals surface area contributed by atoms with E-state index in [4.69, 9.17) is 18.9 Å². The summed E-state index contributed by atoms with van der Waals surface area (Å²) < 4.78 is 22.4. The molecule has 5 rings (SSSR count). The minimum atomic E-state index is -0.740. The van der Waals surface area contributed by atoms with Crippen molar-refractivity contribution in [3.05, 3.63) is 60.2 Å². The van der Waals surface area contributed by atoms with E-state index in [1.54, 1.807) is 12.1 Å². The number of nitrogens with one attached hydrogen (secondary N) is 1. The van der Waals surface area contributed by atoms with Crippen molar-refractivity contribution in [3.63, 3.8) is 0 Å². The van der Waals surface area contributed by atoms with Crippen molar-refractivity contribution in [2.75, 3.05) is 39.7 Å². The van der Waals surface area contributed by atoms with Gasteiger partial charge < -0.3 is 29.2 Å². The minimum Gasteiger partial charge on any atom is -0.493 e. The zero-order valence-corrected chi connectivity index (χ0v) is 19.4. The molecule has 0 aromatic heterocycles. The second kappa shape index (κ2) is 8.68. The van der Waals surface area contributed by atoms with Crippen molar-refractivity contribution in [3.8, 4) is 17.2 Å². The molecule has 0 unspecified atom stereocenters. The molecule has 1 N–H and O–H groups in total. The number of ether oxygens (including phenoxy) is 4. The highest BCUT2D eigenvalue weighted by molar-refractivity contribution is 5.99. The van der Waals surface area contributed by atoms with Crippen molar-refractivity contribution in [2.45, 2.75) is 18.1 Å². The molecule has 3 heterocycles. The van der Waals surface area contributed by atoms with Crippen LogP contribution in [0.5, 0.6) is 17.2 Å². The molecular formula is C26H28N2O6. The Hall–Kier alpha value is -3.52. The van der Waals surface area contributed by atoms with Gasteiger partial charge in [0.05, 0.1) is 45.8 Å². The first-order chi connectivity index (χ1) is 16.5. The molecule has 1 spiro atoms. The topological polar surface area (TPSA) is 86.3 Å². The fraction of sp³-hybridized carbons (Fsp3) is 0.385. The Kier molecular flexibility index (Phi) is 5.69. The van der Waals surface area contributed by atoms with Crippen LogP contribution in [0, 0.1) is 11.8 Å². The lowest BCUT2D eigenvalue weighted by Gasteiger charge is -2.24. The Morgan fingerprint density at radius 1 is 1.12 bits per heavy atom. The molecule has 8 heteroatoms. The van der Waals surface area contributed by atoms with Gasteiger partial charge in [-0.15, -0.1) is 0 Å². The van der Waals surface area contributed by atoms with Gasteiger partial charge >= 0.3 is 0 Å². The smallest absolute Gasteiger partial charge is 0.231 e. The van der Waals surface area contributed by atoms with E-state index in [1.807, 2.05) is 35.3 Å². The van der Waals surface area contributed by atoms with E-state index >= 15 is 0 Å². The second-order valence-corrected chi connectivity index (χ2v) is 8.80. The third-order valence-corrected chi connectivity index (χ3v) is 6.93. The summed E-state index contributed by atoms with van der Waals surface area (Å²) in [6.45, 7) is 1.05. The van der Waals surface area contributed by atoms with Gasteiger partial charge in [-0.2, -0.15) is 0 Å². The SMILES string of the molecule is COc1cc(NC(=O)[C@H]2[C@H]3C=C[C@@]4(CN(CCc5ccccc5)C(=O)[C@@H]24)O3)cc(OC)c1OC. The van der Waals surface area contributed by atoms with Crippen LogP contribution in [0.4, 0.5) is 5.69 Å². The van der Waals surface area contributed by atoms with E-state index in [0.29, 0.717) is 36.0 Å². The van der Waals surface area contributed by atoms with Crippen LogP contribution in [0.3, 0.4) is 0 Å². The fourth-order valence-corrected chi connectivity index (χ4v) is 5.35. The number of likely N-dealkylation sites (tertiary alicyclic amines) is 1. The Morgan fingerprint density at radius 2 is 1.82 bits per heavy atom. The summed E-state index contributed by atoms with van der Waals surface area (Å²) >= 11 is 0. The summed E-state index contributed by atoms with van der Waals surface area (Å²) in [4.78, 5) is 28.7. The number of benzene rings is 2. The first-order valence-corrected chi connectivity index (χ1v) is 11.3. The van der Waals surface area contributed by atoms with Gasteiger partial charge in [0.1, 0.15) is 5.60 Å². The van der Waals surface area contributed by atoms with Crippen LogP contribution in [-0.2, 0) is 20.7 Å². The minimum absolute atomic E-state index is 0.0344. The van der Waals surface area contributed by atoms with E-state index in [9.17, 15) is 9.59 Å². The number of nitrogens with zero attached hydrogens (tertiary/aromatic N) is 1. The van der Waals surface area contributed by atoms with E-state index in [2.05, 4.69) is 17.4 Å². The van der Waals surface area contributed by atoms with Crippen LogP contribution in [0.2, 0.25) is 0 Å². The number of rotatable bonds is 8. The van der Waals surface area contributed by atoms with E-state index in [0.717, 1.165) is 6.42 Å². The molecule has 8 nitrogen and oxygen atoms in total. The highest BCUT2D eigenvalue weighted by Gasteiger charge is 2.66. The summed E-state index contributed by atoms with van der Waals surface area (Å²) in [5.74, 6) is -0.156. The van der Waals surface area contributed by atoms with Gasteiger partial charge in [-0.1, -0.05) is 42.5 Å². The van der Waals surface area contributed by atoms with Crippen LogP contribution in [0.1, 0.15) is 5.56 Å².